The smallest absolute Gasteiger partial charge is 0.302 e. The van der Waals surface area contributed by atoms with Crippen LogP contribution in [0.5, 0.6) is 5.75 Å². The van der Waals surface area contributed by atoms with Gasteiger partial charge in [-0.05, 0) is 36.8 Å². The molecule has 2 aromatic rings. The molecule has 0 aromatic heterocycles. The third-order valence-corrected chi connectivity index (χ3v) is 5.61. The van der Waals surface area contributed by atoms with Gasteiger partial charge in [-0.1, -0.05) is 29.8 Å². The van der Waals surface area contributed by atoms with Crippen LogP contribution in [0.25, 0.3) is 0 Å². The predicted octanol–water partition coefficient (Wildman–Crippen LogP) is 1.77. The number of amides is 3. The molecule has 0 saturated heterocycles. The SMILES string of the molecule is CC(=O)OCCOc1ccc(C(=O)N2CC(=O)N(CC(=O)NCC(C)O)Cc3ccccc32)c(Cl)c1. The minimum absolute atomic E-state index is 0.0734. The molecule has 1 unspecified atom stereocenters. The van der Waals surface area contributed by atoms with Crippen LogP contribution in [0.2, 0.25) is 5.02 Å². The van der Waals surface area contributed by atoms with E-state index in [2.05, 4.69) is 5.32 Å². The quantitative estimate of drug-likeness (QED) is 0.383. The van der Waals surface area contributed by atoms with Crippen molar-refractivity contribution in [1.82, 2.24) is 10.2 Å². The van der Waals surface area contributed by atoms with Gasteiger partial charge in [0.1, 0.15) is 25.5 Å². The van der Waals surface area contributed by atoms with Gasteiger partial charge in [0.25, 0.3) is 5.91 Å². The van der Waals surface area contributed by atoms with Gasteiger partial charge in [0, 0.05) is 25.7 Å². The fourth-order valence-electron chi connectivity index (χ4n) is 3.59. The summed E-state index contributed by atoms with van der Waals surface area (Å²) in [6.45, 7) is 2.77. The molecular weight excluding hydrogens is 490 g/mol. The van der Waals surface area contributed by atoms with E-state index in [0.29, 0.717) is 17.0 Å². The molecule has 1 heterocycles. The molecule has 0 fully saturated rings. The van der Waals surface area contributed by atoms with Crippen molar-refractivity contribution in [2.75, 3.05) is 37.7 Å². The summed E-state index contributed by atoms with van der Waals surface area (Å²) in [4.78, 5) is 52.4. The minimum Gasteiger partial charge on any atom is -0.490 e. The third kappa shape index (κ3) is 7.19. The zero-order chi connectivity index (χ0) is 26.2. The lowest BCUT2D eigenvalue weighted by Gasteiger charge is -2.23. The van der Waals surface area contributed by atoms with Gasteiger partial charge in [-0.25, -0.2) is 0 Å². The third-order valence-electron chi connectivity index (χ3n) is 5.29. The number of aliphatic hydroxyl groups excluding tert-OH is 1. The second-order valence-corrected chi connectivity index (χ2v) is 8.66. The average Bonchev–Trinajstić information content (AvgIpc) is 2.96. The number of esters is 1. The van der Waals surface area contributed by atoms with Gasteiger partial charge in [-0.15, -0.1) is 0 Å². The van der Waals surface area contributed by atoms with Gasteiger partial charge in [0.05, 0.1) is 23.2 Å². The zero-order valence-electron chi connectivity index (χ0n) is 20.0. The van der Waals surface area contributed by atoms with Gasteiger partial charge >= 0.3 is 5.97 Å². The number of carbonyl (C=O) groups excluding carboxylic acids is 4. The number of rotatable bonds is 9. The molecule has 0 radical (unpaired) electrons. The number of hydrogen-bond donors (Lipinski definition) is 2. The number of ether oxygens (including phenoxy) is 2. The van der Waals surface area contributed by atoms with Gasteiger partial charge in [-0.2, -0.15) is 0 Å². The molecule has 36 heavy (non-hydrogen) atoms. The Balaban J connectivity index is 1.77. The number of nitrogens with one attached hydrogen (secondary N) is 1. The fraction of sp³-hybridized carbons (Fsp3) is 0.360. The number of para-hydroxylation sites is 1. The summed E-state index contributed by atoms with van der Waals surface area (Å²) in [5.74, 6) is -1.32. The normalized spacial score (nSPS) is 13.9. The first-order valence-electron chi connectivity index (χ1n) is 11.3. The van der Waals surface area contributed by atoms with Crippen LogP contribution in [0.3, 0.4) is 0 Å². The molecule has 192 valence electrons. The van der Waals surface area contributed by atoms with E-state index in [-0.39, 0.29) is 50.0 Å². The molecule has 10 nitrogen and oxygen atoms in total. The number of halogens is 1. The molecule has 1 aliphatic heterocycles. The summed E-state index contributed by atoms with van der Waals surface area (Å²) in [5, 5.41) is 12.1. The maximum atomic E-state index is 13.5. The van der Waals surface area contributed by atoms with Crippen molar-refractivity contribution in [2.24, 2.45) is 0 Å². The van der Waals surface area contributed by atoms with Crippen LogP contribution in [0, 0.1) is 0 Å². The van der Waals surface area contributed by atoms with Crippen LogP contribution < -0.4 is 15.0 Å². The summed E-state index contributed by atoms with van der Waals surface area (Å²) in [6.07, 6.45) is -0.710. The highest BCUT2D eigenvalue weighted by Crippen LogP contribution is 2.30. The van der Waals surface area contributed by atoms with E-state index in [9.17, 15) is 24.3 Å². The molecule has 2 aromatic carbocycles. The summed E-state index contributed by atoms with van der Waals surface area (Å²) in [7, 11) is 0. The minimum atomic E-state index is -0.710. The first kappa shape index (κ1) is 27.0. The van der Waals surface area contributed by atoms with E-state index in [1.54, 1.807) is 37.3 Å². The van der Waals surface area contributed by atoms with Crippen LogP contribution in [0.4, 0.5) is 5.69 Å². The van der Waals surface area contributed by atoms with Crippen molar-refractivity contribution < 1.29 is 33.8 Å². The fourth-order valence-corrected chi connectivity index (χ4v) is 3.84. The van der Waals surface area contributed by atoms with Crippen LogP contribution >= 0.6 is 11.6 Å². The highest BCUT2D eigenvalue weighted by molar-refractivity contribution is 6.34. The van der Waals surface area contributed by atoms with E-state index < -0.39 is 29.8 Å². The molecule has 3 amide bonds. The Morgan fingerprint density at radius 3 is 2.58 bits per heavy atom. The molecular formula is C25H28ClN3O7. The topological polar surface area (TPSA) is 125 Å². The Hall–Kier alpha value is -3.63. The lowest BCUT2D eigenvalue weighted by Crippen LogP contribution is -2.45. The summed E-state index contributed by atoms with van der Waals surface area (Å²) in [6, 6.07) is 11.6. The molecule has 0 spiro atoms. The Morgan fingerprint density at radius 2 is 1.89 bits per heavy atom. The van der Waals surface area contributed by atoms with Gasteiger partial charge in [0.15, 0.2) is 0 Å². The highest BCUT2D eigenvalue weighted by Gasteiger charge is 2.31. The first-order chi connectivity index (χ1) is 17.2. The summed E-state index contributed by atoms with van der Waals surface area (Å²) in [5.41, 5.74) is 1.41. The van der Waals surface area contributed by atoms with Crippen LogP contribution in [-0.4, -0.2) is 72.6 Å². The number of fused-ring (bicyclic) bond motifs is 1. The molecule has 11 heteroatoms. The van der Waals surface area contributed by atoms with Crippen molar-refractivity contribution in [3.8, 4) is 5.75 Å². The van der Waals surface area contributed by atoms with Crippen molar-refractivity contribution in [2.45, 2.75) is 26.5 Å². The number of aliphatic hydroxyl groups is 1. The molecule has 2 N–H and O–H groups in total. The van der Waals surface area contributed by atoms with Crippen LogP contribution in [0.15, 0.2) is 42.5 Å². The van der Waals surface area contributed by atoms with Crippen LogP contribution in [-0.2, 0) is 25.7 Å². The standard InChI is InChI=1S/C25H28ClN3O7/c1-16(30)12-27-23(32)14-28-13-18-5-3-4-6-22(18)29(15-24(28)33)25(34)20-8-7-19(11-21(20)26)36-10-9-35-17(2)31/h3-8,11,16,30H,9-10,12-15H2,1-2H3,(H,27,32). The average molecular weight is 518 g/mol. The lowest BCUT2D eigenvalue weighted by atomic mass is 10.1. The van der Waals surface area contributed by atoms with Crippen LogP contribution in [0.1, 0.15) is 29.8 Å². The van der Waals surface area contributed by atoms with Crippen molar-refractivity contribution >= 4 is 41.0 Å². The number of anilines is 1. The lowest BCUT2D eigenvalue weighted by molar-refractivity contribution is -0.141. The molecule has 0 aliphatic carbocycles. The van der Waals surface area contributed by atoms with Crippen molar-refractivity contribution in [1.29, 1.82) is 0 Å². The van der Waals surface area contributed by atoms with Crippen molar-refractivity contribution in [3.05, 3.63) is 58.6 Å². The first-order valence-corrected chi connectivity index (χ1v) is 11.7. The Labute approximate surface area is 213 Å². The number of carbonyl (C=O) groups is 4. The molecule has 3 rings (SSSR count). The summed E-state index contributed by atoms with van der Waals surface area (Å²) >= 11 is 6.39. The molecule has 0 bridgehead atoms. The largest absolute Gasteiger partial charge is 0.490 e. The van der Waals surface area contributed by atoms with E-state index in [4.69, 9.17) is 21.1 Å². The van der Waals surface area contributed by atoms with Gasteiger partial charge in [0.2, 0.25) is 11.8 Å². The molecule has 0 saturated carbocycles. The Morgan fingerprint density at radius 1 is 1.14 bits per heavy atom. The molecule has 1 aliphatic rings. The maximum absolute atomic E-state index is 13.5. The highest BCUT2D eigenvalue weighted by atomic mass is 35.5. The van der Waals surface area contributed by atoms with E-state index >= 15 is 0 Å². The number of hydrogen-bond acceptors (Lipinski definition) is 7. The predicted molar refractivity (Wildman–Crippen MR) is 132 cm³/mol. The van der Waals surface area contributed by atoms with E-state index in [1.165, 1.54) is 28.9 Å². The second-order valence-electron chi connectivity index (χ2n) is 8.25. The zero-order valence-corrected chi connectivity index (χ0v) is 20.8. The number of nitrogens with zero attached hydrogens (tertiary/aromatic N) is 2. The Kier molecular flexibility index (Phi) is 9.26. The Bertz CT molecular complexity index is 1140. The van der Waals surface area contributed by atoms with E-state index in [0.717, 1.165) is 0 Å². The van der Waals surface area contributed by atoms with Gasteiger partial charge in [-0.3, -0.25) is 24.1 Å². The maximum Gasteiger partial charge on any atom is 0.302 e. The van der Waals surface area contributed by atoms with Crippen molar-refractivity contribution in [3.63, 3.8) is 0 Å². The number of benzene rings is 2. The monoisotopic (exact) mass is 517 g/mol. The second kappa shape index (κ2) is 12.4. The summed E-state index contributed by atoms with van der Waals surface area (Å²) < 4.78 is 10.3. The molecule has 1 atom stereocenters. The van der Waals surface area contributed by atoms with E-state index in [1.807, 2.05) is 0 Å². The van der Waals surface area contributed by atoms with Gasteiger partial charge < -0.3 is 24.8 Å².